The summed E-state index contributed by atoms with van der Waals surface area (Å²) in [6, 6.07) is -0.406. The number of primary amides is 1. The number of nitrogens with two attached hydrogens (primary N) is 1. The molecule has 1 aliphatic heterocycles. The number of ether oxygens (including phenoxy) is 1. The van der Waals surface area contributed by atoms with Crippen LogP contribution in [0.3, 0.4) is 0 Å². The summed E-state index contributed by atoms with van der Waals surface area (Å²) in [7, 11) is 0. The summed E-state index contributed by atoms with van der Waals surface area (Å²) in [6.45, 7) is 2.85. The smallest absolute Gasteiger partial charge is 0.311 e. The van der Waals surface area contributed by atoms with Gasteiger partial charge in [0.15, 0.2) is 0 Å². The van der Waals surface area contributed by atoms with Crippen molar-refractivity contribution in [1.29, 1.82) is 0 Å². The molecule has 8 heteroatoms. The third-order valence-electron chi connectivity index (χ3n) is 3.26. The van der Waals surface area contributed by atoms with Gasteiger partial charge in [-0.1, -0.05) is 6.92 Å². The lowest BCUT2D eigenvalue weighted by Crippen LogP contribution is -2.47. The van der Waals surface area contributed by atoms with Gasteiger partial charge >= 0.3 is 5.97 Å². The first-order valence-electron chi connectivity index (χ1n) is 6.93. The zero-order valence-corrected chi connectivity index (χ0v) is 12.9. The second-order valence-corrected chi connectivity index (χ2v) is 6.01. The maximum Gasteiger partial charge on any atom is 0.311 e. The van der Waals surface area contributed by atoms with Gasteiger partial charge in [0, 0.05) is 18.7 Å². The number of amides is 2. The Morgan fingerprint density at radius 1 is 1.38 bits per heavy atom. The molecule has 1 heterocycles. The molecule has 3 N–H and O–H groups in total. The molecule has 0 aromatic heterocycles. The minimum Gasteiger partial charge on any atom is -0.481 e. The minimum atomic E-state index is -0.936. The van der Waals surface area contributed by atoms with Crippen molar-refractivity contribution in [2.24, 2.45) is 11.7 Å². The maximum absolute atomic E-state index is 12.3. The van der Waals surface area contributed by atoms with Crippen molar-refractivity contribution in [2.45, 2.75) is 25.8 Å². The van der Waals surface area contributed by atoms with Crippen LogP contribution < -0.4 is 5.73 Å². The lowest BCUT2D eigenvalue weighted by atomic mass is 10.0. The average molecular weight is 318 g/mol. The van der Waals surface area contributed by atoms with E-state index in [-0.39, 0.29) is 31.3 Å². The quantitative estimate of drug-likeness (QED) is 0.576. The van der Waals surface area contributed by atoms with Crippen LogP contribution in [0.2, 0.25) is 0 Å². The molecule has 1 aliphatic rings. The number of thioether (sulfide) groups is 1. The van der Waals surface area contributed by atoms with Gasteiger partial charge in [0.25, 0.3) is 0 Å². The Morgan fingerprint density at radius 3 is 2.67 bits per heavy atom. The summed E-state index contributed by atoms with van der Waals surface area (Å²) in [4.78, 5) is 35.7. The van der Waals surface area contributed by atoms with Crippen molar-refractivity contribution in [3.05, 3.63) is 0 Å². The predicted octanol–water partition coefficient (Wildman–Crippen LogP) is -0.0668. The van der Waals surface area contributed by atoms with E-state index in [1.54, 1.807) is 4.90 Å². The van der Waals surface area contributed by atoms with Crippen molar-refractivity contribution in [3.8, 4) is 0 Å². The van der Waals surface area contributed by atoms with Crippen molar-refractivity contribution in [3.63, 3.8) is 0 Å². The molecule has 2 amide bonds. The molecule has 0 aromatic rings. The molecule has 0 radical (unpaired) electrons. The van der Waals surface area contributed by atoms with Crippen molar-refractivity contribution in [2.75, 3.05) is 31.3 Å². The van der Waals surface area contributed by atoms with Crippen molar-refractivity contribution >= 4 is 29.5 Å². The maximum atomic E-state index is 12.3. The number of nitrogens with zero attached hydrogens (tertiary/aromatic N) is 1. The third kappa shape index (κ3) is 5.55. The second-order valence-electron chi connectivity index (χ2n) is 4.91. The number of hydrogen-bond acceptors (Lipinski definition) is 5. The van der Waals surface area contributed by atoms with E-state index < -0.39 is 23.8 Å². The monoisotopic (exact) mass is 318 g/mol. The molecule has 7 nitrogen and oxygen atoms in total. The molecular weight excluding hydrogens is 296 g/mol. The molecule has 0 saturated carbocycles. The summed E-state index contributed by atoms with van der Waals surface area (Å²) in [5.74, 6) is -1.43. The van der Waals surface area contributed by atoms with E-state index in [1.165, 1.54) is 11.8 Å². The lowest BCUT2D eigenvalue weighted by Gasteiger charge is -2.30. The van der Waals surface area contributed by atoms with E-state index in [0.717, 1.165) is 6.42 Å². The molecule has 0 spiro atoms. The number of aliphatic carboxylic acids is 1. The van der Waals surface area contributed by atoms with Crippen molar-refractivity contribution in [1.82, 2.24) is 4.90 Å². The Hall–Kier alpha value is -1.28. The highest BCUT2D eigenvalue weighted by Crippen LogP contribution is 2.21. The summed E-state index contributed by atoms with van der Waals surface area (Å²) in [6.07, 6.45) is 1.02. The van der Waals surface area contributed by atoms with E-state index >= 15 is 0 Å². The van der Waals surface area contributed by atoms with Crippen LogP contribution in [-0.2, 0) is 19.1 Å². The number of rotatable bonds is 9. The molecule has 1 rings (SSSR count). The topological polar surface area (TPSA) is 110 Å². The highest BCUT2D eigenvalue weighted by Gasteiger charge is 2.39. The van der Waals surface area contributed by atoms with Crippen LogP contribution in [0.4, 0.5) is 0 Å². The van der Waals surface area contributed by atoms with E-state index in [9.17, 15) is 19.5 Å². The number of carbonyl (C=O) groups excluding carboxylic acids is 2. The predicted molar refractivity (Wildman–Crippen MR) is 78.9 cm³/mol. The summed E-state index contributed by atoms with van der Waals surface area (Å²) in [5.41, 5.74) is 5.03. The molecule has 2 atom stereocenters. The first kappa shape index (κ1) is 17.8. The fourth-order valence-electron chi connectivity index (χ4n) is 2.28. The molecule has 2 unspecified atom stereocenters. The molecule has 1 fully saturated rings. The molecule has 1 saturated heterocycles. The summed E-state index contributed by atoms with van der Waals surface area (Å²) >= 11 is 1.31. The Balaban J connectivity index is 2.56. The standard InChI is InChI=1S/C13H22N2O5S/c1-2-4-15(10-7-20-6-9(10)13(18)19)12(17)3-5-21-8-11(14)16/h9-10H,2-8H2,1H3,(H2,14,16)(H,18,19). The van der Waals surface area contributed by atoms with Crippen LogP contribution in [0.15, 0.2) is 0 Å². The third-order valence-corrected chi connectivity index (χ3v) is 4.24. The van der Waals surface area contributed by atoms with Gasteiger partial charge in [-0.2, -0.15) is 11.8 Å². The zero-order valence-electron chi connectivity index (χ0n) is 12.1. The number of carboxylic acid groups (broad SMARTS) is 1. The second kappa shape index (κ2) is 8.89. The van der Waals surface area contributed by atoms with Gasteiger partial charge in [-0.3, -0.25) is 14.4 Å². The van der Waals surface area contributed by atoms with Gasteiger partial charge in [-0.15, -0.1) is 0 Å². The molecule has 0 aromatic carbocycles. The van der Waals surface area contributed by atoms with Crippen LogP contribution in [0.25, 0.3) is 0 Å². The number of hydrogen-bond donors (Lipinski definition) is 2. The van der Waals surface area contributed by atoms with Crippen molar-refractivity contribution < 1.29 is 24.2 Å². The van der Waals surface area contributed by atoms with Gasteiger partial charge in [-0.25, -0.2) is 0 Å². The highest BCUT2D eigenvalue weighted by atomic mass is 32.2. The fraction of sp³-hybridized carbons (Fsp3) is 0.769. The van der Waals surface area contributed by atoms with Gasteiger partial charge in [0.1, 0.15) is 5.92 Å². The first-order chi connectivity index (χ1) is 9.97. The highest BCUT2D eigenvalue weighted by molar-refractivity contribution is 7.99. The Morgan fingerprint density at radius 2 is 2.10 bits per heavy atom. The van der Waals surface area contributed by atoms with Gasteiger partial charge in [0.2, 0.25) is 11.8 Å². The average Bonchev–Trinajstić information content (AvgIpc) is 2.89. The molecule has 21 heavy (non-hydrogen) atoms. The van der Waals surface area contributed by atoms with Crippen LogP contribution in [0, 0.1) is 5.92 Å². The van der Waals surface area contributed by atoms with Gasteiger partial charge < -0.3 is 20.5 Å². The van der Waals surface area contributed by atoms with E-state index in [2.05, 4.69) is 0 Å². The Bertz CT molecular complexity index is 391. The van der Waals surface area contributed by atoms with E-state index in [1.807, 2.05) is 6.92 Å². The summed E-state index contributed by atoms with van der Waals surface area (Å²) < 4.78 is 5.22. The molecule has 120 valence electrons. The number of carboxylic acids is 1. The molecular formula is C13H22N2O5S. The SMILES string of the molecule is CCCN(C(=O)CCSCC(N)=O)C1COCC1C(=O)O. The van der Waals surface area contributed by atoms with Gasteiger partial charge in [0.05, 0.1) is 25.0 Å². The normalized spacial score (nSPS) is 21.2. The largest absolute Gasteiger partial charge is 0.481 e. The van der Waals surface area contributed by atoms with Gasteiger partial charge in [-0.05, 0) is 6.42 Å². The number of carbonyl (C=O) groups is 3. The summed E-state index contributed by atoms with van der Waals surface area (Å²) in [5, 5.41) is 9.18. The fourth-order valence-corrected chi connectivity index (χ4v) is 2.94. The lowest BCUT2D eigenvalue weighted by molar-refractivity contribution is -0.145. The minimum absolute atomic E-state index is 0.101. The van der Waals surface area contributed by atoms with Crippen LogP contribution in [0.1, 0.15) is 19.8 Å². The Labute approximate surface area is 128 Å². The van der Waals surface area contributed by atoms with Crippen LogP contribution in [-0.4, -0.2) is 65.1 Å². The van der Waals surface area contributed by atoms with E-state index in [0.29, 0.717) is 12.3 Å². The molecule has 0 aliphatic carbocycles. The molecule has 0 bridgehead atoms. The van der Waals surface area contributed by atoms with Crippen LogP contribution >= 0.6 is 11.8 Å². The van der Waals surface area contributed by atoms with Crippen LogP contribution in [0.5, 0.6) is 0 Å². The van der Waals surface area contributed by atoms with E-state index in [4.69, 9.17) is 10.5 Å². The Kier molecular flexibility index (Phi) is 7.52. The zero-order chi connectivity index (χ0) is 15.8. The first-order valence-corrected chi connectivity index (χ1v) is 8.08.